The van der Waals surface area contributed by atoms with Crippen LogP contribution in [0.15, 0.2) is 30.3 Å². The maximum Gasteiger partial charge on any atom is 0.308 e. The van der Waals surface area contributed by atoms with Crippen molar-refractivity contribution in [1.29, 1.82) is 0 Å². The van der Waals surface area contributed by atoms with Gasteiger partial charge in [0.25, 0.3) is 0 Å². The van der Waals surface area contributed by atoms with Crippen molar-refractivity contribution < 1.29 is 14.3 Å². The largest absolute Gasteiger partial charge is 0.466 e. The van der Waals surface area contributed by atoms with Crippen LogP contribution in [0.3, 0.4) is 0 Å². The Morgan fingerprint density at radius 1 is 1.19 bits per heavy atom. The van der Waals surface area contributed by atoms with Crippen LogP contribution in [0, 0.1) is 5.92 Å². The zero-order valence-corrected chi connectivity index (χ0v) is 13.1. The Bertz CT molecular complexity index is 443. The van der Waals surface area contributed by atoms with E-state index in [0.717, 1.165) is 12.0 Å². The normalized spacial score (nSPS) is 12.0. The van der Waals surface area contributed by atoms with Gasteiger partial charge in [0.2, 0.25) is 5.91 Å². The molecule has 0 aliphatic heterocycles. The highest BCUT2D eigenvalue weighted by molar-refractivity contribution is 5.78. The zero-order valence-electron chi connectivity index (χ0n) is 13.1. The SMILES string of the molecule is CCOC(=O)CC(NC(=O)CCC(C)C)c1ccccc1. The Hall–Kier alpha value is -1.84. The van der Waals surface area contributed by atoms with E-state index in [0.29, 0.717) is 18.9 Å². The fourth-order valence-corrected chi connectivity index (χ4v) is 2.01. The lowest BCUT2D eigenvalue weighted by atomic mass is 10.0. The average Bonchev–Trinajstić information content (AvgIpc) is 2.45. The number of esters is 1. The number of amides is 1. The van der Waals surface area contributed by atoms with Crippen LogP contribution >= 0.6 is 0 Å². The van der Waals surface area contributed by atoms with Crippen molar-refractivity contribution in [3.63, 3.8) is 0 Å². The summed E-state index contributed by atoms with van der Waals surface area (Å²) in [6.07, 6.45) is 1.47. The van der Waals surface area contributed by atoms with Gasteiger partial charge in [0, 0.05) is 6.42 Å². The van der Waals surface area contributed by atoms with Gasteiger partial charge in [-0.2, -0.15) is 0 Å². The summed E-state index contributed by atoms with van der Waals surface area (Å²) in [5.41, 5.74) is 0.920. The first-order chi connectivity index (χ1) is 10.0. The smallest absolute Gasteiger partial charge is 0.308 e. The van der Waals surface area contributed by atoms with Crippen LogP contribution in [0.1, 0.15) is 51.6 Å². The van der Waals surface area contributed by atoms with Gasteiger partial charge in [-0.05, 0) is 24.8 Å². The molecule has 0 aromatic heterocycles. The van der Waals surface area contributed by atoms with Gasteiger partial charge in [-0.3, -0.25) is 9.59 Å². The van der Waals surface area contributed by atoms with E-state index in [4.69, 9.17) is 4.74 Å². The maximum absolute atomic E-state index is 12.0. The van der Waals surface area contributed by atoms with E-state index in [1.165, 1.54) is 0 Å². The highest BCUT2D eigenvalue weighted by Gasteiger charge is 2.19. The van der Waals surface area contributed by atoms with Crippen LogP contribution in [0.2, 0.25) is 0 Å². The zero-order chi connectivity index (χ0) is 15.7. The molecule has 1 amide bonds. The third-order valence-corrected chi connectivity index (χ3v) is 3.16. The molecule has 0 radical (unpaired) electrons. The van der Waals surface area contributed by atoms with Crippen molar-refractivity contribution in [2.45, 2.75) is 46.1 Å². The quantitative estimate of drug-likeness (QED) is 0.748. The molecule has 21 heavy (non-hydrogen) atoms. The van der Waals surface area contributed by atoms with E-state index < -0.39 is 0 Å². The lowest BCUT2D eigenvalue weighted by molar-refractivity contribution is -0.143. The maximum atomic E-state index is 12.0. The second-order valence-corrected chi connectivity index (χ2v) is 5.47. The highest BCUT2D eigenvalue weighted by Crippen LogP contribution is 2.18. The first kappa shape index (κ1) is 17.2. The number of nitrogens with one attached hydrogen (secondary N) is 1. The minimum atomic E-state index is -0.329. The van der Waals surface area contributed by atoms with Crippen molar-refractivity contribution in [3.05, 3.63) is 35.9 Å². The van der Waals surface area contributed by atoms with Crippen LogP contribution in [-0.2, 0) is 14.3 Å². The van der Waals surface area contributed by atoms with Crippen LogP contribution in [0.4, 0.5) is 0 Å². The summed E-state index contributed by atoms with van der Waals surface area (Å²) >= 11 is 0. The van der Waals surface area contributed by atoms with Gasteiger partial charge in [-0.25, -0.2) is 0 Å². The predicted molar refractivity (Wildman–Crippen MR) is 82.6 cm³/mol. The first-order valence-corrected chi connectivity index (χ1v) is 7.52. The van der Waals surface area contributed by atoms with Gasteiger partial charge in [0.1, 0.15) is 0 Å². The second-order valence-electron chi connectivity index (χ2n) is 5.47. The summed E-state index contributed by atoms with van der Waals surface area (Å²) in [6.45, 7) is 6.29. The molecule has 1 rings (SSSR count). The molecule has 1 unspecified atom stereocenters. The van der Waals surface area contributed by atoms with Gasteiger partial charge in [-0.1, -0.05) is 44.2 Å². The van der Waals surface area contributed by atoms with E-state index in [-0.39, 0.29) is 24.3 Å². The molecule has 1 N–H and O–H groups in total. The summed E-state index contributed by atoms with van der Waals surface area (Å²) in [6, 6.07) is 9.19. The molecule has 0 spiro atoms. The van der Waals surface area contributed by atoms with Crippen LogP contribution < -0.4 is 5.32 Å². The van der Waals surface area contributed by atoms with E-state index >= 15 is 0 Å². The van der Waals surface area contributed by atoms with Crippen LogP contribution in [-0.4, -0.2) is 18.5 Å². The topological polar surface area (TPSA) is 55.4 Å². The summed E-state index contributed by atoms with van der Waals surface area (Å²) < 4.78 is 4.98. The summed E-state index contributed by atoms with van der Waals surface area (Å²) in [5, 5.41) is 2.94. The molecule has 0 aliphatic carbocycles. The molecule has 0 aliphatic rings. The predicted octanol–water partition coefficient (Wildman–Crippen LogP) is 3.23. The molecule has 0 saturated carbocycles. The molecular weight excluding hydrogens is 266 g/mol. The third kappa shape index (κ3) is 6.93. The first-order valence-electron chi connectivity index (χ1n) is 7.52. The monoisotopic (exact) mass is 291 g/mol. The number of carbonyl (C=O) groups excluding carboxylic acids is 2. The van der Waals surface area contributed by atoms with Gasteiger partial charge < -0.3 is 10.1 Å². The van der Waals surface area contributed by atoms with Crippen LogP contribution in [0.5, 0.6) is 0 Å². The van der Waals surface area contributed by atoms with Crippen molar-refractivity contribution in [1.82, 2.24) is 5.32 Å². The molecule has 0 saturated heterocycles. The molecule has 0 bridgehead atoms. The molecule has 4 heteroatoms. The molecule has 1 aromatic rings. The van der Waals surface area contributed by atoms with Gasteiger partial charge in [-0.15, -0.1) is 0 Å². The Balaban J connectivity index is 2.68. The Morgan fingerprint density at radius 2 is 1.86 bits per heavy atom. The molecule has 0 fully saturated rings. The number of hydrogen-bond acceptors (Lipinski definition) is 3. The highest BCUT2D eigenvalue weighted by atomic mass is 16.5. The Morgan fingerprint density at radius 3 is 2.43 bits per heavy atom. The second kappa shape index (κ2) is 9.16. The molecule has 116 valence electrons. The summed E-state index contributed by atoms with van der Waals surface area (Å²) in [7, 11) is 0. The van der Waals surface area contributed by atoms with Crippen molar-refractivity contribution in [2.24, 2.45) is 5.92 Å². The Labute approximate surface area is 126 Å². The van der Waals surface area contributed by atoms with Crippen molar-refractivity contribution >= 4 is 11.9 Å². The number of carbonyl (C=O) groups is 2. The van der Waals surface area contributed by atoms with Gasteiger partial charge >= 0.3 is 5.97 Å². The number of ether oxygens (including phenoxy) is 1. The van der Waals surface area contributed by atoms with Crippen molar-refractivity contribution in [3.8, 4) is 0 Å². The van der Waals surface area contributed by atoms with Crippen LogP contribution in [0.25, 0.3) is 0 Å². The molecule has 1 atom stereocenters. The molecule has 0 heterocycles. The van der Waals surface area contributed by atoms with E-state index in [2.05, 4.69) is 19.2 Å². The lowest BCUT2D eigenvalue weighted by Crippen LogP contribution is -2.30. The molecular formula is C17H25NO3. The van der Waals surface area contributed by atoms with Gasteiger partial charge in [0.15, 0.2) is 0 Å². The fourth-order valence-electron chi connectivity index (χ4n) is 2.01. The standard InChI is InChI=1S/C17H25NO3/c1-4-21-17(20)12-15(14-8-6-5-7-9-14)18-16(19)11-10-13(2)3/h5-9,13,15H,4,10-12H2,1-3H3,(H,18,19). The van der Waals surface area contributed by atoms with E-state index in [1.807, 2.05) is 30.3 Å². The van der Waals surface area contributed by atoms with E-state index in [9.17, 15) is 9.59 Å². The van der Waals surface area contributed by atoms with Crippen molar-refractivity contribution in [2.75, 3.05) is 6.61 Å². The number of hydrogen-bond donors (Lipinski definition) is 1. The average molecular weight is 291 g/mol. The molecule has 4 nitrogen and oxygen atoms in total. The van der Waals surface area contributed by atoms with Gasteiger partial charge in [0.05, 0.1) is 19.1 Å². The fraction of sp³-hybridized carbons (Fsp3) is 0.529. The third-order valence-electron chi connectivity index (χ3n) is 3.16. The number of benzene rings is 1. The number of rotatable bonds is 8. The summed E-state index contributed by atoms with van der Waals surface area (Å²) in [4.78, 5) is 23.7. The lowest BCUT2D eigenvalue weighted by Gasteiger charge is -2.19. The Kier molecular flexibility index (Phi) is 7.51. The minimum absolute atomic E-state index is 0.0261. The molecule has 1 aromatic carbocycles. The summed E-state index contributed by atoms with van der Waals surface area (Å²) in [5.74, 6) is 0.161. The minimum Gasteiger partial charge on any atom is -0.466 e. The van der Waals surface area contributed by atoms with E-state index in [1.54, 1.807) is 6.92 Å².